The number of aromatic amines is 1. The van der Waals surface area contributed by atoms with Crippen molar-refractivity contribution >= 4 is 5.97 Å². The molecule has 0 spiro atoms. The number of benzene rings is 1. The van der Waals surface area contributed by atoms with Crippen LogP contribution in [0.4, 0.5) is 4.39 Å². The van der Waals surface area contributed by atoms with Crippen molar-refractivity contribution in [2.45, 2.75) is 37.7 Å². The van der Waals surface area contributed by atoms with E-state index in [4.69, 9.17) is 13.9 Å². The van der Waals surface area contributed by atoms with Gasteiger partial charge in [-0.15, -0.1) is 0 Å². The SMILES string of the molecule is Cc1cccc(C[C@]2(O)C[C@H](n3cc(F)c(=O)[nH]c3=O)O[C@@H]2COC(=O)c2ccco2)c1. The number of esters is 1. The minimum Gasteiger partial charge on any atom is -0.457 e. The molecule has 3 atom stereocenters. The normalized spacial score (nSPS) is 22.7. The van der Waals surface area contributed by atoms with Crippen LogP contribution in [0.1, 0.15) is 34.3 Å². The van der Waals surface area contributed by atoms with Gasteiger partial charge in [-0.05, 0) is 24.6 Å². The number of H-pyrrole nitrogens is 1. The maximum absolute atomic E-state index is 13.8. The number of nitrogens with zero attached hydrogens (tertiary/aromatic N) is 1. The first-order valence-corrected chi connectivity index (χ1v) is 9.90. The van der Waals surface area contributed by atoms with E-state index in [9.17, 15) is 23.9 Å². The summed E-state index contributed by atoms with van der Waals surface area (Å²) in [5.41, 5.74) is -1.79. The molecule has 168 valence electrons. The molecule has 2 aromatic heterocycles. The molecule has 2 N–H and O–H groups in total. The van der Waals surface area contributed by atoms with E-state index >= 15 is 0 Å². The van der Waals surface area contributed by atoms with Crippen LogP contribution in [-0.2, 0) is 15.9 Å². The molecule has 32 heavy (non-hydrogen) atoms. The number of nitrogens with one attached hydrogen (secondary N) is 1. The number of ether oxygens (including phenoxy) is 2. The number of hydrogen-bond acceptors (Lipinski definition) is 7. The minimum atomic E-state index is -1.55. The monoisotopic (exact) mass is 444 g/mol. The Bertz CT molecular complexity index is 1230. The lowest BCUT2D eigenvalue weighted by atomic mass is 9.87. The average Bonchev–Trinajstić information content (AvgIpc) is 3.37. The second-order valence-electron chi connectivity index (χ2n) is 7.77. The molecule has 4 rings (SSSR count). The molecule has 0 bridgehead atoms. The van der Waals surface area contributed by atoms with Gasteiger partial charge in [0.25, 0.3) is 5.56 Å². The highest BCUT2D eigenvalue weighted by Crippen LogP contribution is 2.39. The van der Waals surface area contributed by atoms with E-state index in [0.29, 0.717) is 0 Å². The van der Waals surface area contributed by atoms with Crippen molar-refractivity contribution in [3.05, 3.63) is 92.4 Å². The van der Waals surface area contributed by atoms with Gasteiger partial charge in [-0.1, -0.05) is 29.8 Å². The Kier molecular flexibility index (Phi) is 5.81. The van der Waals surface area contributed by atoms with Crippen LogP contribution in [0, 0.1) is 12.7 Å². The predicted octanol–water partition coefficient (Wildman–Crippen LogP) is 1.70. The number of hydrogen-bond donors (Lipinski definition) is 2. The van der Waals surface area contributed by atoms with Crippen LogP contribution in [0.15, 0.2) is 62.9 Å². The zero-order valence-corrected chi connectivity index (χ0v) is 17.1. The van der Waals surface area contributed by atoms with Crippen molar-refractivity contribution in [1.29, 1.82) is 0 Å². The van der Waals surface area contributed by atoms with Crippen LogP contribution >= 0.6 is 0 Å². The number of aliphatic hydroxyl groups is 1. The first-order valence-electron chi connectivity index (χ1n) is 9.90. The molecule has 0 radical (unpaired) electrons. The number of aryl methyl sites for hydroxylation is 1. The summed E-state index contributed by atoms with van der Waals surface area (Å²) in [5, 5.41) is 11.5. The summed E-state index contributed by atoms with van der Waals surface area (Å²) in [6, 6.07) is 10.4. The van der Waals surface area contributed by atoms with Gasteiger partial charge >= 0.3 is 11.7 Å². The molecule has 3 aromatic rings. The van der Waals surface area contributed by atoms with E-state index in [1.54, 1.807) is 0 Å². The summed E-state index contributed by atoms with van der Waals surface area (Å²) in [7, 11) is 0. The number of aromatic nitrogens is 2. The van der Waals surface area contributed by atoms with Crippen LogP contribution in [0.3, 0.4) is 0 Å². The molecule has 1 saturated heterocycles. The smallest absolute Gasteiger partial charge is 0.374 e. The van der Waals surface area contributed by atoms with Crippen LogP contribution in [0.25, 0.3) is 0 Å². The van der Waals surface area contributed by atoms with Gasteiger partial charge in [0.15, 0.2) is 0 Å². The number of carbonyl (C=O) groups excluding carboxylic acids is 1. The topological polar surface area (TPSA) is 124 Å². The van der Waals surface area contributed by atoms with Crippen molar-refractivity contribution in [2.75, 3.05) is 6.61 Å². The van der Waals surface area contributed by atoms with Gasteiger partial charge in [0.1, 0.15) is 24.5 Å². The first-order chi connectivity index (χ1) is 15.2. The third kappa shape index (κ3) is 4.41. The molecule has 0 unspecified atom stereocenters. The van der Waals surface area contributed by atoms with Gasteiger partial charge in [-0.3, -0.25) is 14.3 Å². The van der Waals surface area contributed by atoms with Crippen molar-refractivity contribution in [2.24, 2.45) is 0 Å². The van der Waals surface area contributed by atoms with E-state index in [1.807, 2.05) is 36.2 Å². The summed E-state index contributed by atoms with van der Waals surface area (Å²) < 4.78 is 30.7. The van der Waals surface area contributed by atoms with Gasteiger partial charge < -0.3 is 19.0 Å². The molecule has 1 aromatic carbocycles. The Morgan fingerprint density at radius 2 is 2.16 bits per heavy atom. The predicted molar refractivity (Wildman–Crippen MR) is 109 cm³/mol. The zero-order valence-electron chi connectivity index (χ0n) is 17.1. The molecular formula is C22H21FN2O7. The summed E-state index contributed by atoms with van der Waals surface area (Å²) in [6.45, 7) is 1.58. The summed E-state index contributed by atoms with van der Waals surface area (Å²) in [5.74, 6) is -1.92. The highest BCUT2D eigenvalue weighted by molar-refractivity contribution is 5.86. The van der Waals surface area contributed by atoms with Crippen molar-refractivity contribution in [1.82, 2.24) is 9.55 Å². The molecule has 3 heterocycles. The average molecular weight is 444 g/mol. The lowest BCUT2D eigenvalue weighted by Gasteiger charge is -2.28. The van der Waals surface area contributed by atoms with Gasteiger partial charge in [0.05, 0.1) is 12.5 Å². The zero-order chi connectivity index (χ0) is 22.9. The van der Waals surface area contributed by atoms with Crippen LogP contribution in [-0.4, -0.2) is 38.9 Å². The molecule has 1 aliphatic heterocycles. The largest absolute Gasteiger partial charge is 0.457 e. The molecule has 9 nitrogen and oxygen atoms in total. The van der Waals surface area contributed by atoms with Gasteiger partial charge in [0, 0.05) is 12.8 Å². The van der Waals surface area contributed by atoms with Crippen molar-refractivity contribution < 1.29 is 28.2 Å². The van der Waals surface area contributed by atoms with Gasteiger partial charge in [-0.2, -0.15) is 4.39 Å². The molecule has 1 aliphatic rings. The Labute approximate surface area is 181 Å². The second-order valence-corrected chi connectivity index (χ2v) is 7.77. The fourth-order valence-corrected chi connectivity index (χ4v) is 3.81. The first kappa shape index (κ1) is 21.7. The van der Waals surface area contributed by atoms with Crippen molar-refractivity contribution in [3.63, 3.8) is 0 Å². The molecule has 0 aliphatic carbocycles. The Morgan fingerprint density at radius 3 is 2.88 bits per heavy atom. The maximum atomic E-state index is 13.8. The van der Waals surface area contributed by atoms with E-state index in [2.05, 4.69) is 0 Å². The third-order valence-electron chi connectivity index (χ3n) is 5.36. The number of furan rings is 1. The summed E-state index contributed by atoms with van der Waals surface area (Å²) >= 11 is 0. The molecule has 1 fully saturated rings. The van der Waals surface area contributed by atoms with Crippen LogP contribution in [0.5, 0.6) is 0 Å². The van der Waals surface area contributed by atoms with E-state index in [-0.39, 0.29) is 25.2 Å². The standard InChI is InChI=1S/C22H21FN2O7/c1-13-4-2-5-14(8-13)9-22(29)10-18(25-11-15(23)19(26)24-21(25)28)32-17(22)12-31-20(27)16-6-3-7-30-16/h2-8,11,17-18,29H,9-10,12H2,1H3,(H,24,26,28)/t17-,18-,22+/m1/s1. The summed E-state index contributed by atoms with van der Waals surface area (Å²) in [6.07, 6.45) is -0.0332. The molecule has 0 saturated carbocycles. The fourth-order valence-electron chi connectivity index (χ4n) is 3.81. The number of rotatable bonds is 6. The molecule has 10 heteroatoms. The third-order valence-corrected chi connectivity index (χ3v) is 5.36. The number of carbonyl (C=O) groups is 1. The number of halogens is 1. The Morgan fingerprint density at radius 1 is 1.34 bits per heavy atom. The van der Waals surface area contributed by atoms with E-state index in [1.165, 1.54) is 18.4 Å². The second kappa shape index (κ2) is 8.56. The van der Waals surface area contributed by atoms with E-state index in [0.717, 1.165) is 21.9 Å². The minimum absolute atomic E-state index is 0.0132. The summed E-state index contributed by atoms with van der Waals surface area (Å²) in [4.78, 5) is 37.6. The molecule has 0 amide bonds. The van der Waals surface area contributed by atoms with Gasteiger partial charge in [-0.25, -0.2) is 9.59 Å². The quantitative estimate of drug-likeness (QED) is 0.555. The highest BCUT2D eigenvalue weighted by atomic mass is 19.1. The Balaban J connectivity index is 1.61. The highest BCUT2D eigenvalue weighted by Gasteiger charge is 2.49. The lowest BCUT2D eigenvalue weighted by Crippen LogP contribution is -2.43. The van der Waals surface area contributed by atoms with Crippen LogP contribution in [0.2, 0.25) is 0 Å². The van der Waals surface area contributed by atoms with E-state index < -0.39 is 41.0 Å². The lowest BCUT2D eigenvalue weighted by molar-refractivity contribution is -0.0868. The van der Waals surface area contributed by atoms with Crippen LogP contribution < -0.4 is 11.2 Å². The van der Waals surface area contributed by atoms with Gasteiger partial charge in [0.2, 0.25) is 11.6 Å². The molecular weight excluding hydrogens is 423 g/mol. The maximum Gasteiger partial charge on any atom is 0.374 e. The van der Waals surface area contributed by atoms with Crippen molar-refractivity contribution in [3.8, 4) is 0 Å². The Hall–Kier alpha value is -3.50. The fraction of sp³-hybridized carbons (Fsp3) is 0.318.